The largest absolute Gasteiger partial charge is 0.348 e. The third kappa shape index (κ3) is 2.46. The molecule has 4 heteroatoms. The summed E-state index contributed by atoms with van der Waals surface area (Å²) in [4.78, 5) is 19.8. The maximum atomic E-state index is 12.4. The maximum absolute atomic E-state index is 12.4. The first kappa shape index (κ1) is 12.9. The quantitative estimate of drug-likeness (QED) is 0.880. The Balaban J connectivity index is 1.71. The summed E-state index contributed by atoms with van der Waals surface area (Å²) in [6.07, 6.45) is 4.22. The van der Waals surface area contributed by atoms with E-state index >= 15 is 0 Å². The van der Waals surface area contributed by atoms with Gasteiger partial charge in [-0.3, -0.25) is 4.79 Å². The number of nitrogens with zero attached hydrogens (tertiary/aromatic N) is 1. The van der Waals surface area contributed by atoms with Crippen molar-refractivity contribution in [2.24, 2.45) is 5.92 Å². The van der Waals surface area contributed by atoms with Crippen molar-refractivity contribution in [3.63, 3.8) is 0 Å². The summed E-state index contributed by atoms with van der Waals surface area (Å²) in [5.74, 6) is 0.140. The highest BCUT2D eigenvalue weighted by Gasteiger charge is 2.26. The van der Waals surface area contributed by atoms with Gasteiger partial charge in [-0.2, -0.15) is 0 Å². The number of hydrogen-bond acceptors (Lipinski definition) is 2. The van der Waals surface area contributed by atoms with E-state index in [4.69, 9.17) is 0 Å². The third-order valence-corrected chi connectivity index (χ3v) is 4.00. The van der Waals surface area contributed by atoms with Gasteiger partial charge in [0.05, 0.1) is 12.0 Å². The topological polar surface area (TPSA) is 57.8 Å². The van der Waals surface area contributed by atoms with Crippen LogP contribution in [0.1, 0.15) is 28.9 Å². The normalized spacial score (nSPS) is 17.6. The number of imidazole rings is 1. The molecule has 104 valence electrons. The number of nitrogens with one attached hydrogen (secondary N) is 2. The lowest BCUT2D eigenvalue weighted by atomic mass is 9.89. The summed E-state index contributed by atoms with van der Waals surface area (Å²) >= 11 is 0. The molecule has 1 unspecified atom stereocenters. The standard InChI is InChI=1S/C16H19N3O/c1-10-3-5-13(11(2)7-10)19-16(20)12-4-6-14-15(8-12)18-9-17-14/h3,5,7,9,12H,4,6,8H2,1-2H3,(H,17,18)(H,19,20). The molecule has 2 aromatic rings. The highest BCUT2D eigenvalue weighted by molar-refractivity contribution is 5.93. The molecule has 0 spiro atoms. The number of carbonyl (C=O) groups excluding carboxylic acids is 1. The summed E-state index contributed by atoms with van der Waals surface area (Å²) in [5, 5.41) is 3.06. The van der Waals surface area contributed by atoms with E-state index in [1.165, 1.54) is 5.56 Å². The van der Waals surface area contributed by atoms with Crippen molar-refractivity contribution in [3.8, 4) is 0 Å². The molecule has 1 heterocycles. The molecule has 20 heavy (non-hydrogen) atoms. The minimum atomic E-state index is 0.0312. The predicted octanol–water partition coefficient (Wildman–Crippen LogP) is 2.77. The zero-order valence-corrected chi connectivity index (χ0v) is 11.9. The van der Waals surface area contributed by atoms with Crippen LogP contribution in [-0.2, 0) is 17.6 Å². The molecule has 1 aliphatic rings. The molecule has 0 saturated heterocycles. The van der Waals surface area contributed by atoms with Crippen LogP contribution in [0.2, 0.25) is 0 Å². The van der Waals surface area contributed by atoms with Crippen molar-refractivity contribution in [2.75, 3.05) is 5.32 Å². The van der Waals surface area contributed by atoms with Gasteiger partial charge >= 0.3 is 0 Å². The number of aromatic nitrogens is 2. The minimum Gasteiger partial charge on any atom is -0.348 e. The van der Waals surface area contributed by atoms with Crippen molar-refractivity contribution in [3.05, 3.63) is 47.0 Å². The SMILES string of the molecule is Cc1ccc(NC(=O)C2CCc3nc[nH]c3C2)c(C)c1. The molecule has 1 aromatic carbocycles. The van der Waals surface area contributed by atoms with Gasteiger partial charge in [-0.15, -0.1) is 0 Å². The Labute approximate surface area is 118 Å². The molecule has 1 aromatic heterocycles. The highest BCUT2D eigenvalue weighted by atomic mass is 16.1. The summed E-state index contributed by atoms with van der Waals surface area (Å²) in [5.41, 5.74) is 5.45. The summed E-state index contributed by atoms with van der Waals surface area (Å²) in [6.45, 7) is 4.08. The molecule has 0 aliphatic heterocycles. The number of rotatable bonds is 2. The molecule has 1 amide bonds. The average Bonchev–Trinajstić information content (AvgIpc) is 2.89. The Bertz CT molecular complexity index is 645. The second kappa shape index (κ2) is 5.12. The molecular formula is C16H19N3O. The van der Waals surface area contributed by atoms with E-state index in [9.17, 15) is 4.79 Å². The molecule has 1 atom stereocenters. The second-order valence-electron chi connectivity index (χ2n) is 5.58. The first-order chi connectivity index (χ1) is 9.63. The lowest BCUT2D eigenvalue weighted by Crippen LogP contribution is -2.28. The van der Waals surface area contributed by atoms with Gasteiger partial charge in [-0.1, -0.05) is 17.7 Å². The zero-order chi connectivity index (χ0) is 14.1. The van der Waals surface area contributed by atoms with Crippen LogP contribution in [0.5, 0.6) is 0 Å². The number of anilines is 1. The molecule has 0 fully saturated rings. The molecule has 1 aliphatic carbocycles. The number of hydrogen-bond donors (Lipinski definition) is 2. The second-order valence-corrected chi connectivity index (χ2v) is 5.58. The Morgan fingerprint density at radius 3 is 3.05 bits per heavy atom. The van der Waals surface area contributed by atoms with Crippen LogP contribution >= 0.6 is 0 Å². The van der Waals surface area contributed by atoms with Crippen LogP contribution in [0, 0.1) is 19.8 Å². The van der Waals surface area contributed by atoms with Gasteiger partial charge in [0.25, 0.3) is 0 Å². The molecule has 0 saturated carbocycles. The highest BCUT2D eigenvalue weighted by Crippen LogP contribution is 2.25. The minimum absolute atomic E-state index is 0.0312. The van der Waals surface area contributed by atoms with Crippen molar-refractivity contribution in [2.45, 2.75) is 33.1 Å². The van der Waals surface area contributed by atoms with Crippen LogP contribution in [0.15, 0.2) is 24.5 Å². The van der Waals surface area contributed by atoms with E-state index in [1.54, 1.807) is 6.33 Å². The van der Waals surface area contributed by atoms with Crippen molar-refractivity contribution >= 4 is 11.6 Å². The van der Waals surface area contributed by atoms with Crippen LogP contribution in [-0.4, -0.2) is 15.9 Å². The van der Waals surface area contributed by atoms with Crippen LogP contribution < -0.4 is 5.32 Å². The maximum Gasteiger partial charge on any atom is 0.227 e. The van der Waals surface area contributed by atoms with Gasteiger partial charge in [0.15, 0.2) is 0 Å². The van der Waals surface area contributed by atoms with Gasteiger partial charge in [0.1, 0.15) is 0 Å². The fraction of sp³-hybridized carbons (Fsp3) is 0.375. The van der Waals surface area contributed by atoms with Gasteiger partial charge in [-0.25, -0.2) is 4.98 Å². The Kier molecular flexibility index (Phi) is 3.30. The third-order valence-electron chi connectivity index (χ3n) is 4.00. The predicted molar refractivity (Wildman–Crippen MR) is 78.6 cm³/mol. The van der Waals surface area contributed by atoms with Crippen molar-refractivity contribution < 1.29 is 4.79 Å². The first-order valence-electron chi connectivity index (χ1n) is 7.02. The Hall–Kier alpha value is -2.10. The molecule has 2 N–H and O–H groups in total. The first-order valence-corrected chi connectivity index (χ1v) is 7.02. The van der Waals surface area contributed by atoms with Crippen molar-refractivity contribution in [1.82, 2.24) is 9.97 Å². The van der Waals surface area contributed by atoms with Gasteiger partial charge in [0.2, 0.25) is 5.91 Å². The van der Waals surface area contributed by atoms with Crippen LogP contribution in [0.4, 0.5) is 5.69 Å². The molecule has 0 radical (unpaired) electrons. The van der Waals surface area contributed by atoms with E-state index in [0.717, 1.165) is 41.9 Å². The van der Waals surface area contributed by atoms with E-state index in [0.29, 0.717) is 0 Å². The molecular weight excluding hydrogens is 250 g/mol. The monoisotopic (exact) mass is 269 g/mol. The average molecular weight is 269 g/mol. The van der Waals surface area contributed by atoms with Crippen LogP contribution in [0.25, 0.3) is 0 Å². The number of H-pyrrole nitrogens is 1. The lowest BCUT2D eigenvalue weighted by molar-refractivity contribution is -0.120. The number of amides is 1. The molecule has 0 bridgehead atoms. The van der Waals surface area contributed by atoms with Crippen LogP contribution in [0.3, 0.4) is 0 Å². The number of benzene rings is 1. The van der Waals surface area contributed by atoms with Gasteiger partial charge in [-0.05, 0) is 38.3 Å². The smallest absolute Gasteiger partial charge is 0.227 e. The fourth-order valence-corrected chi connectivity index (χ4v) is 2.81. The lowest BCUT2D eigenvalue weighted by Gasteiger charge is -2.21. The summed E-state index contributed by atoms with van der Waals surface area (Å²) in [7, 11) is 0. The van der Waals surface area contributed by atoms with Crippen molar-refractivity contribution in [1.29, 1.82) is 0 Å². The number of aromatic amines is 1. The van der Waals surface area contributed by atoms with Gasteiger partial charge in [0, 0.05) is 23.7 Å². The number of fused-ring (bicyclic) bond motifs is 1. The zero-order valence-electron chi connectivity index (χ0n) is 11.9. The number of carbonyl (C=O) groups is 1. The summed E-state index contributed by atoms with van der Waals surface area (Å²) < 4.78 is 0. The Morgan fingerprint density at radius 2 is 2.25 bits per heavy atom. The van der Waals surface area contributed by atoms with E-state index in [2.05, 4.69) is 28.3 Å². The number of aryl methyl sites for hydroxylation is 3. The molecule has 4 nitrogen and oxygen atoms in total. The molecule has 3 rings (SSSR count). The summed E-state index contributed by atoms with van der Waals surface area (Å²) in [6, 6.07) is 6.09. The van der Waals surface area contributed by atoms with E-state index in [1.807, 2.05) is 19.1 Å². The van der Waals surface area contributed by atoms with E-state index < -0.39 is 0 Å². The Morgan fingerprint density at radius 1 is 1.40 bits per heavy atom. The van der Waals surface area contributed by atoms with E-state index in [-0.39, 0.29) is 11.8 Å². The fourth-order valence-electron chi connectivity index (χ4n) is 2.81. The van der Waals surface area contributed by atoms with Gasteiger partial charge < -0.3 is 10.3 Å².